The summed E-state index contributed by atoms with van der Waals surface area (Å²) in [5.74, 6) is 1.12. The van der Waals surface area contributed by atoms with E-state index in [0.29, 0.717) is 18.2 Å². The van der Waals surface area contributed by atoms with Crippen molar-refractivity contribution in [2.75, 3.05) is 11.1 Å². The zero-order chi connectivity index (χ0) is 12.1. The highest BCUT2D eigenvalue weighted by atomic mass is 15.0. The number of pyridine rings is 1. The summed E-state index contributed by atoms with van der Waals surface area (Å²) in [5, 5.41) is 3.17. The van der Waals surface area contributed by atoms with Crippen molar-refractivity contribution in [2.24, 2.45) is 0 Å². The predicted octanol–water partition coefficient (Wildman–Crippen LogP) is 1.63. The normalized spacial score (nSPS) is 10.2. The maximum absolute atomic E-state index is 5.47. The van der Waals surface area contributed by atoms with Gasteiger partial charge in [-0.25, -0.2) is 9.97 Å². The molecule has 0 radical (unpaired) electrons. The number of nitrogens with one attached hydrogen (secondary N) is 1. The van der Waals surface area contributed by atoms with E-state index in [1.807, 2.05) is 6.07 Å². The number of hydrogen-bond donors (Lipinski definition) is 2. The first kappa shape index (κ1) is 11.3. The van der Waals surface area contributed by atoms with Gasteiger partial charge >= 0.3 is 0 Å². The number of aryl methyl sites for hydroxylation is 1. The van der Waals surface area contributed by atoms with Gasteiger partial charge in [-0.15, -0.1) is 0 Å². The smallest absolute Gasteiger partial charge is 0.144 e. The highest BCUT2D eigenvalue weighted by molar-refractivity contribution is 5.37. The van der Waals surface area contributed by atoms with E-state index in [4.69, 9.17) is 5.73 Å². The van der Waals surface area contributed by atoms with E-state index in [0.717, 1.165) is 12.1 Å². The summed E-state index contributed by atoms with van der Waals surface area (Å²) in [7, 11) is 0. The largest absolute Gasteiger partial charge is 0.382 e. The molecule has 2 heterocycles. The van der Waals surface area contributed by atoms with Gasteiger partial charge in [0.1, 0.15) is 11.6 Å². The Hall–Kier alpha value is -2.17. The number of anilines is 2. The first-order valence-electron chi connectivity index (χ1n) is 5.53. The lowest BCUT2D eigenvalue weighted by molar-refractivity contribution is 0.962. The van der Waals surface area contributed by atoms with Gasteiger partial charge in [0.05, 0.1) is 24.6 Å². The Kier molecular flexibility index (Phi) is 3.49. The minimum Gasteiger partial charge on any atom is -0.382 e. The van der Waals surface area contributed by atoms with Gasteiger partial charge in [-0.2, -0.15) is 0 Å². The number of nitrogen functional groups attached to an aromatic ring is 1. The summed E-state index contributed by atoms with van der Waals surface area (Å²) in [4.78, 5) is 12.4. The number of rotatable bonds is 4. The van der Waals surface area contributed by atoms with Gasteiger partial charge in [0.15, 0.2) is 0 Å². The fourth-order valence-electron chi connectivity index (χ4n) is 1.56. The molecule has 0 bridgehead atoms. The lowest BCUT2D eigenvalue weighted by atomic mass is 10.1. The molecule has 0 atom stereocenters. The van der Waals surface area contributed by atoms with E-state index in [1.165, 1.54) is 11.8 Å². The maximum Gasteiger partial charge on any atom is 0.144 e. The monoisotopic (exact) mass is 229 g/mol. The van der Waals surface area contributed by atoms with Gasteiger partial charge in [0.2, 0.25) is 0 Å². The van der Waals surface area contributed by atoms with Gasteiger partial charge in [0, 0.05) is 6.20 Å². The van der Waals surface area contributed by atoms with Crippen molar-refractivity contribution in [3.63, 3.8) is 0 Å². The highest BCUT2D eigenvalue weighted by Gasteiger charge is 2.01. The molecule has 0 aliphatic carbocycles. The van der Waals surface area contributed by atoms with Crippen LogP contribution in [0.5, 0.6) is 0 Å². The molecule has 2 aromatic heterocycles. The molecule has 5 nitrogen and oxygen atoms in total. The molecule has 0 saturated carbocycles. The molecule has 2 aromatic rings. The first-order valence-corrected chi connectivity index (χ1v) is 5.53. The van der Waals surface area contributed by atoms with Gasteiger partial charge in [-0.05, 0) is 18.1 Å². The molecule has 88 valence electrons. The molecule has 3 N–H and O–H groups in total. The van der Waals surface area contributed by atoms with Crippen molar-refractivity contribution < 1.29 is 0 Å². The summed E-state index contributed by atoms with van der Waals surface area (Å²) in [6.07, 6.45) is 5.91. The van der Waals surface area contributed by atoms with Crippen molar-refractivity contribution in [1.82, 2.24) is 15.0 Å². The third-order valence-electron chi connectivity index (χ3n) is 2.47. The van der Waals surface area contributed by atoms with E-state index in [2.05, 4.69) is 33.3 Å². The molecule has 17 heavy (non-hydrogen) atoms. The summed E-state index contributed by atoms with van der Waals surface area (Å²) < 4.78 is 0. The summed E-state index contributed by atoms with van der Waals surface area (Å²) in [6, 6.07) is 4.03. The van der Waals surface area contributed by atoms with Crippen molar-refractivity contribution >= 4 is 11.6 Å². The fraction of sp³-hybridized carbons (Fsp3) is 0.250. The Morgan fingerprint density at radius 1 is 1.24 bits per heavy atom. The van der Waals surface area contributed by atoms with Crippen LogP contribution in [0.3, 0.4) is 0 Å². The molecule has 0 amide bonds. The second kappa shape index (κ2) is 5.25. The summed E-state index contributed by atoms with van der Waals surface area (Å²) in [6.45, 7) is 2.76. The Balaban J connectivity index is 2.04. The number of hydrogen-bond acceptors (Lipinski definition) is 5. The Morgan fingerprint density at radius 2 is 2.12 bits per heavy atom. The van der Waals surface area contributed by atoms with Crippen LogP contribution in [0, 0.1) is 0 Å². The van der Waals surface area contributed by atoms with E-state index in [9.17, 15) is 0 Å². The minimum absolute atomic E-state index is 0.419. The molecule has 0 fully saturated rings. The molecule has 0 unspecified atom stereocenters. The van der Waals surface area contributed by atoms with Crippen LogP contribution in [0.25, 0.3) is 0 Å². The van der Waals surface area contributed by atoms with E-state index in [-0.39, 0.29) is 0 Å². The van der Waals surface area contributed by atoms with Gasteiger partial charge in [-0.1, -0.05) is 13.0 Å². The molecule has 0 aliphatic heterocycles. The Morgan fingerprint density at radius 3 is 2.82 bits per heavy atom. The van der Waals surface area contributed by atoms with E-state index >= 15 is 0 Å². The average molecular weight is 229 g/mol. The first-order chi connectivity index (χ1) is 8.29. The second-order valence-electron chi connectivity index (χ2n) is 3.64. The number of nitrogens with two attached hydrogens (primary N) is 1. The molecule has 5 heteroatoms. The topological polar surface area (TPSA) is 76.7 Å². The van der Waals surface area contributed by atoms with Crippen LogP contribution in [0.4, 0.5) is 11.6 Å². The quantitative estimate of drug-likeness (QED) is 0.833. The zero-order valence-corrected chi connectivity index (χ0v) is 9.72. The Labute approximate surface area is 100 Å². The van der Waals surface area contributed by atoms with Crippen LogP contribution < -0.4 is 11.1 Å². The van der Waals surface area contributed by atoms with E-state index in [1.54, 1.807) is 12.4 Å². The summed E-state index contributed by atoms with van der Waals surface area (Å²) in [5.41, 5.74) is 7.74. The standard InChI is InChI=1S/C12H15N5/c1-2-9-4-3-5-14-10(9)6-16-12-8-15-11(13)7-17-12/h3-5,7-8H,2,6H2,1H3,(H2,13,15)(H,16,17). The van der Waals surface area contributed by atoms with Gasteiger partial charge in [-0.3, -0.25) is 4.98 Å². The van der Waals surface area contributed by atoms with Crippen molar-refractivity contribution in [3.05, 3.63) is 42.0 Å². The van der Waals surface area contributed by atoms with Crippen LogP contribution in [0.1, 0.15) is 18.2 Å². The third-order valence-corrected chi connectivity index (χ3v) is 2.47. The van der Waals surface area contributed by atoms with Crippen molar-refractivity contribution in [3.8, 4) is 0 Å². The molecule has 0 saturated heterocycles. The highest BCUT2D eigenvalue weighted by Crippen LogP contribution is 2.09. The van der Waals surface area contributed by atoms with E-state index < -0.39 is 0 Å². The lowest BCUT2D eigenvalue weighted by Crippen LogP contribution is -2.06. The van der Waals surface area contributed by atoms with Gasteiger partial charge in [0.25, 0.3) is 0 Å². The maximum atomic E-state index is 5.47. The van der Waals surface area contributed by atoms with Crippen LogP contribution >= 0.6 is 0 Å². The molecular weight excluding hydrogens is 214 g/mol. The second-order valence-corrected chi connectivity index (χ2v) is 3.64. The Bertz CT molecular complexity index is 481. The molecule has 0 aromatic carbocycles. The van der Waals surface area contributed by atoms with Crippen molar-refractivity contribution in [2.45, 2.75) is 19.9 Å². The summed E-state index contributed by atoms with van der Waals surface area (Å²) >= 11 is 0. The van der Waals surface area contributed by atoms with Crippen LogP contribution in [-0.2, 0) is 13.0 Å². The SMILES string of the molecule is CCc1cccnc1CNc1cnc(N)cn1. The molecular formula is C12H15N5. The number of aromatic nitrogens is 3. The van der Waals surface area contributed by atoms with Crippen molar-refractivity contribution in [1.29, 1.82) is 0 Å². The molecule has 0 spiro atoms. The predicted molar refractivity (Wildman–Crippen MR) is 67.4 cm³/mol. The lowest BCUT2D eigenvalue weighted by Gasteiger charge is -2.08. The van der Waals surface area contributed by atoms with Gasteiger partial charge < -0.3 is 11.1 Å². The molecule has 2 rings (SSSR count). The number of nitrogens with zero attached hydrogens (tertiary/aromatic N) is 3. The minimum atomic E-state index is 0.419. The third kappa shape index (κ3) is 2.90. The average Bonchev–Trinajstić information content (AvgIpc) is 2.38. The van der Waals surface area contributed by atoms with Crippen LogP contribution in [0.2, 0.25) is 0 Å². The fourth-order valence-corrected chi connectivity index (χ4v) is 1.56. The molecule has 0 aliphatic rings. The van der Waals surface area contributed by atoms with Crippen LogP contribution in [-0.4, -0.2) is 15.0 Å². The zero-order valence-electron chi connectivity index (χ0n) is 9.72. The van der Waals surface area contributed by atoms with Crippen LogP contribution in [0.15, 0.2) is 30.7 Å².